The molecule has 0 spiro atoms. The monoisotopic (exact) mass is 199 g/mol. The molecule has 1 rings (SSSR count). The first kappa shape index (κ1) is 12.5. The average Bonchev–Trinajstić information content (AvgIpc) is 2.03. The summed E-state index contributed by atoms with van der Waals surface area (Å²) in [6, 6.07) is 8.36. The second-order valence-corrected chi connectivity index (χ2v) is 3.73. The van der Waals surface area contributed by atoms with Crippen LogP contribution in [-0.2, 0) is 12.0 Å². The zero-order valence-electron chi connectivity index (χ0n) is 8.50. The first-order valence-corrected chi connectivity index (χ1v) is 4.43. The lowest BCUT2D eigenvalue weighted by Crippen LogP contribution is -2.29. The van der Waals surface area contributed by atoms with Crippen molar-refractivity contribution in [1.29, 1.82) is 0 Å². The van der Waals surface area contributed by atoms with Crippen LogP contribution in [-0.4, -0.2) is 0 Å². The van der Waals surface area contributed by atoms with Gasteiger partial charge in [-0.05, 0) is 31.4 Å². The third-order valence-corrected chi connectivity index (χ3v) is 2.09. The minimum absolute atomic E-state index is 0. The molecule has 0 saturated heterocycles. The van der Waals surface area contributed by atoms with Crippen molar-refractivity contribution in [2.24, 2.45) is 5.73 Å². The Morgan fingerprint density at radius 3 is 2.15 bits per heavy atom. The smallest absolute Gasteiger partial charge is 0.0355 e. The van der Waals surface area contributed by atoms with E-state index in [-0.39, 0.29) is 17.9 Å². The number of nitrogens with two attached hydrogens (primary N) is 1. The summed E-state index contributed by atoms with van der Waals surface area (Å²) in [5, 5.41) is 0. The van der Waals surface area contributed by atoms with Gasteiger partial charge in [0, 0.05) is 5.54 Å². The van der Waals surface area contributed by atoms with Crippen molar-refractivity contribution in [3.63, 3.8) is 0 Å². The van der Waals surface area contributed by atoms with Crippen LogP contribution in [0.25, 0.3) is 0 Å². The Morgan fingerprint density at radius 1 is 1.23 bits per heavy atom. The van der Waals surface area contributed by atoms with Gasteiger partial charge < -0.3 is 5.73 Å². The molecule has 0 fully saturated rings. The highest BCUT2D eigenvalue weighted by molar-refractivity contribution is 5.85. The van der Waals surface area contributed by atoms with Crippen molar-refractivity contribution in [3.05, 3.63) is 35.4 Å². The minimum Gasteiger partial charge on any atom is -0.322 e. The normalized spacial score (nSPS) is 10.8. The summed E-state index contributed by atoms with van der Waals surface area (Å²) in [6.45, 7) is 6.24. The maximum Gasteiger partial charge on any atom is 0.0355 e. The summed E-state index contributed by atoms with van der Waals surface area (Å²) in [5.41, 5.74) is 8.43. The predicted octanol–water partition coefficient (Wildman–Crippen LogP) is 2.86. The fourth-order valence-corrected chi connectivity index (χ4v) is 1.46. The molecule has 1 nitrogen and oxygen atoms in total. The minimum atomic E-state index is -0.216. The molecule has 1 aromatic rings. The van der Waals surface area contributed by atoms with Gasteiger partial charge in [0.15, 0.2) is 0 Å². The Hall–Kier alpha value is -0.530. The molecule has 0 aliphatic carbocycles. The number of hydrogen-bond donors (Lipinski definition) is 1. The van der Waals surface area contributed by atoms with E-state index in [9.17, 15) is 0 Å². The second kappa shape index (κ2) is 4.64. The maximum absolute atomic E-state index is 6.03. The molecule has 13 heavy (non-hydrogen) atoms. The van der Waals surface area contributed by atoms with E-state index < -0.39 is 0 Å². The molecular formula is C11H18ClN. The molecule has 2 N–H and O–H groups in total. The van der Waals surface area contributed by atoms with Crippen LogP contribution in [0.4, 0.5) is 0 Å². The number of aryl methyl sites for hydroxylation is 1. The third kappa shape index (κ3) is 3.02. The van der Waals surface area contributed by atoms with Gasteiger partial charge in [-0.1, -0.05) is 31.2 Å². The molecule has 74 valence electrons. The van der Waals surface area contributed by atoms with Crippen LogP contribution in [0.15, 0.2) is 24.3 Å². The maximum atomic E-state index is 6.03. The lowest BCUT2D eigenvalue weighted by molar-refractivity contribution is 0.548. The van der Waals surface area contributed by atoms with Crippen molar-refractivity contribution < 1.29 is 0 Å². The molecule has 0 unspecified atom stereocenters. The third-order valence-electron chi connectivity index (χ3n) is 2.09. The Kier molecular flexibility index (Phi) is 4.45. The van der Waals surface area contributed by atoms with Gasteiger partial charge in [0.05, 0.1) is 0 Å². The van der Waals surface area contributed by atoms with E-state index in [2.05, 4.69) is 25.1 Å². The lowest BCUT2D eigenvalue weighted by atomic mass is 9.90. The topological polar surface area (TPSA) is 26.0 Å². The number of halogens is 1. The number of rotatable bonds is 2. The van der Waals surface area contributed by atoms with Crippen molar-refractivity contribution in [3.8, 4) is 0 Å². The van der Waals surface area contributed by atoms with Gasteiger partial charge in [0.1, 0.15) is 0 Å². The molecule has 0 aliphatic heterocycles. The Bertz CT molecular complexity index is 263. The Morgan fingerprint density at radius 2 is 1.77 bits per heavy atom. The standard InChI is InChI=1S/C11H17N.ClH/c1-4-9-7-5-6-8-10(9)11(2,3)12;/h5-8H,4,12H2,1-3H3;1H. The van der Waals surface area contributed by atoms with Crippen LogP contribution in [0.3, 0.4) is 0 Å². The molecule has 0 heterocycles. The molecule has 0 bridgehead atoms. The van der Waals surface area contributed by atoms with Crippen LogP contribution in [0.5, 0.6) is 0 Å². The summed E-state index contributed by atoms with van der Waals surface area (Å²) < 4.78 is 0. The highest BCUT2D eigenvalue weighted by Gasteiger charge is 2.16. The van der Waals surface area contributed by atoms with E-state index >= 15 is 0 Å². The summed E-state index contributed by atoms with van der Waals surface area (Å²) in [4.78, 5) is 0. The summed E-state index contributed by atoms with van der Waals surface area (Å²) >= 11 is 0. The van der Waals surface area contributed by atoms with Gasteiger partial charge in [-0.15, -0.1) is 12.4 Å². The van der Waals surface area contributed by atoms with E-state index in [4.69, 9.17) is 5.73 Å². The van der Waals surface area contributed by atoms with Crippen LogP contribution < -0.4 is 5.73 Å². The van der Waals surface area contributed by atoms with Gasteiger partial charge in [-0.25, -0.2) is 0 Å². The summed E-state index contributed by atoms with van der Waals surface area (Å²) in [7, 11) is 0. The quantitative estimate of drug-likeness (QED) is 0.779. The van der Waals surface area contributed by atoms with Crippen LogP contribution in [0.1, 0.15) is 31.9 Å². The molecule has 2 heteroatoms. The summed E-state index contributed by atoms with van der Waals surface area (Å²) in [5.74, 6) is 0. The van der Waals surface area contributed by atoms with Gasteiger partial charge in [-0.3, -0.25) is 0 Å². The number of hydrogen-bond acceptors (Lipinski definition) is 1. The first-order valence-electron chi connectivity index (χ1n) is 4.43. The molecule has 0 atom stereocenters. The van der Waals surface area contributed by atoms with Crippen LogP contribution in [0, 0.1) is 0 Å². The highest BCUT2D eigenvalue weighted by atomic mass is 35.5. The summed E-state index contributed by atoms with van der Waals surface area (Å²) in [6.07, 6.45) is 1.05. The van der Waals surface area contributed by atoms with E-state index in [1.807, 2.05) is 19.9 Å². The molecule has 0 radical (unpaired) electrons. The van der Waals surface area contributed by atoms with Crippen molar-refractivity contribution in [2.45, 2.75) is 32.7 Å². The van der Waals surface area contributed by atoms with E-state index in [1.54, 1.807) is 0 Å². The van der Waals surface area contributed by atoms with Crippen LogP contribution >= 0.6 is 12.4 Å². The zero-order chi connectivity index (χ0) is 9.19. The zero-order valence-corrected chi connectivity index (χ0v) is 9.32. The SMILES string of the molecule is CCc1ccccc1C(C)(C)N.Cl. The van der Waals surface area contributed by atoms with Gasteiger partial charge in [0.2, 0.25) is 0 Å². The van der Waals surface area contributed by atoms with Gasteiger partial charge in [0.25, 0.3) is 0 Å². The fraction of sp³-hybridized carbons (Fsp3) is 0.455. The predicted molar refractivity (Wildman–Crippen MR) is 60.3 cm³/mol. The van der Waals surface area contributed by atoms with Gasteiger partial charge >= 0.3 is 0 Å². The van der Waals surface area contributed by atoms with E-state index in [0.29, 0.717) is 0 Å². The number of benzene rings is 1. The largest absolute Gasteiger partial charge is 0.322 e. The second-order valence-electron chi connectivity index (χ2n) is 3.73. The molecule has 0 aliphatic rings. The lowest BCUT2D eigenvalue weighted by Gasteiger charge is -2.22. The fourth-order valence-electron chi connectivity index (χ4n) is 1.46. The molecule has 0 amide bonds. The highest BCUT2D eigenvalue weighted by Crippen LogP contribution is 2.21. The van der Waals surface area contributed by atoms with Crippen molar-refractivity contribution in [2.75, 3.05) is 0 Å². The average molecular weight is 200 g/mol. The van der Waals surface area contributed by atoms with Crippen molar-refractivity contribution >= 4 is 12.4 Å². The van der Waals surface area contributed by atoms with Crippen LogP contribution in [0.2, 0.25) is 0 Å². The Labute approximate surface area is 86.7 Å². The van der Waals surface area contributed by atoms with E-state index in [1.165, 1.54) is 11.1 Å². The first-order chi connectivity index (χ1) is 5.55. The Balaban J connectivity index is 0.00000144. The molecular weight excluding hydrogens is 182 g/mol. The van der Waals surface area contributed by atoms with E-state index in [0.717, 1.165) is 6.42 Å². The molecule has 0 saturated carbocycles. The van der Waals surface area contributed by atoms with Crippen molar-refractivity contribution in [1.82, 2.24) is 0 Å². The molecule has 1 aromatic carbocycles. The van der Waals surface area contributed by atoms with Gasteiger partial charge in [-0.2, -0.15) is 0 Å². The molecule has 0 aromatic heterocycles.